The number of nitrogens with zero attached hydrogens (tertiary/aromatic N) is 2. The van der Waals surface area contributed by atoms with E-state index in [1.54, 1.807) is 5.32 Å². The van der Waals surface area contributed by atoms with Gasteiger partial charge in [0.25, 0.3) is 0 Å². The Bertz CT molecular complexity index is 362. The van der Waals surface area contributed by atoms with Gasteiger partial charge in [-0.05, 0) is 0 Å². The lowest BCUT2D eigenvalue weighted by molar-refractivity contribution is -0.167. The van der Waals surface area contributed by atoms with Crippen LogP contribution < -0.4 is 5.32 Å². The van der Waals surface area contributed by atoms with E-state index in [2.05, 4.69) is 5.10 Å². The minimum Gasteiger partial charge on any atom is -0.383 e. The van der Waals surface area contributed by atoms with Crippen molar-refractivity contribution in [2.24, 2.45) is 0 Å². The third kappa shape index (κ3) is 3.54. The van der Waals surface area contributed by atoms with Gasteiger partial charge in [0.2, 0.25) is 0 Å². The van der Waals surface area contributed by atoms with E-state index in [0.29, 0.717) is 13.2 Å². The molecule has 0 atom stereocenters. The first kappa shape index (κ1) is 12.5. The zero-order valence-corrected chi connectivity index (χ0v) is 8.41. The van der Waals surface area contributed by atoms with Crippen LogP contribution in [0.25, 0.3) is 0 Å². The van der Waals surface area contributed by atoms with Crippen molar-refractivity contribution in [2.75, 3.05) is 19.0 Å². The Morgan fingerprint density at radius 2 is 2.31 bits per heavy atom. The third-order valence-corrected chi connectivity index (χ3v) is 1.67. The summed E-state index contributed by atoms with van der Waals surface area (Å²) in [6.07, 6.45) is -2.46. The highest BCUT2D eigenvalue weighted by molar-refractivity contribution is 5.94. The Hall–Kier alpha value is -1.57. The number of halogens is 3. The van der Waals surface area contributed by atoms with E-state index in [9.17, 15) is 18.0 Å². The van der Waals surface area contributed by atoms with E-state index in [-0.39, 0.29) is 5.69 Å². The van der Waals surface area contributed by atoms with Crippen LogP contribution in [-0.2, 0) is 16.1 Å². The Morgan fingerprint density at radius 3 is 2.88 bits per heavy atom. The fraction of sp³-hybridized carbons (Fsp3) is 0.500. The molecule has 90 valence electrons. The molecule has 0 aliphatic rings. The number of methoxy groups -OCH3 is 1. The van der Waals surface area contributed by atoms with Crippen LogP contribution in [0.3, 0.4) is 0 Å². The van der Waals surface area contributed by atoms with Gasteiger partial charge >= 0.3 is 12.1 Å². The lowest BCUT2D eigenvalue weighted by Crippen LogP contribution is -2.29. The van der Waals surface area contributed by atoms with Gasteiger partial charge in [-0.1, -0.05) is 0 Å². The van der Waals surface area contributed by atoms with Crippen LogP contribution >= 0.6 is 0 Å². The number of carbonyl (C=O) groups is 1. The molecule has 0 spiro atoms. The molecule has 0 saturated heterocycles. The number of nitrogens with one attached hydrogen (secondary N) is 1. The van der Waals surface area contributed by atoms with Gasteiger partial charge in [-0.25, -0.2) is 0 Å². The van der Waals surface area contributed by atoms with E-state index >= 15 is 0 Å². The Labute approximate surface area is 89.2 Å². The molecule has 0 unspecified atom stereocenters. The highest BCUT2D eigenvalue weighted by Crippen LogP contribution is 2.17. The summed E-state index contributed by atoms with van der Waals surface area (Å²) in [5.74, 6) is -2.02. The molecule has 8 heteroatoms. The largest absolute Gasteiger partial charge is 0.471 e. The molecule has 1 aromatic rings. The zero-order chi connectivity index (χ0) is 12.2. The van der Waals surface area contributed by atoms with E-state index < -0.39 is 12.1 Å². The standard InChI is InChI=1S/C8H10F3N3O2/c1-16-3-2-14-5-6(4-12-14)13-7(15)8(9,10)11/h4-5H,2-3H2,1H3,(H,13,15). The van der Waals surface area contributed by atoms with Crippen molar-refractivity contribution >= 4 is 11.6 Å². The second-order valence-electron chi connectivity index (χ2n) is 2.94. The molecule has 0 radical (unpaired) electrons. The van der Waals surface area contributed by atoms with Gasteiger partial charge in [0.15, 0.2) is 0 Å². The predicted molar refractivity (Wildman–Crippen MR) is 48.8 cm³/mol. The van der Waals surface area contributed by atoms with E-state index in [1.165, 1.54) is 18.0 Å². The van der Waals surface area contributed by atoms with Crippen LogP contribution in [0.5, 0.6) is 0 Å². The first-order valence-corrected chi connectivity index (χ1v) is 4.33. The first-order chi connectivity index (χ1) is 7.43. The predicted octanol–water partition coefficient (Wildman–Crippen LogP) is 1.03. The molecule has 5 nitrogen and oxygen atoms in total. The third-order valence-electron chi connectivity index (χ3n) is 1.67. The average molecular weight is 237 g/mol. The number of rotatable bonds is 4. The number of amides is 1. The van der Waals surface area contributed by atoms with Gasteiger partial charge in [-0.15, -0.1) is 0 Å². The normalized spacial score (nSPS) is 11.5. The van der Waals surface area contributed by atoms with E-state index in [1.807, 2.05) is 0 Å². The Morgan fingerprint density at radius 1 is 1.62 bits per heavy atom. The second kappa shape index (κ2) is 4.97. The number of ether oxygens (including phenoxy) is 1. The molecule has 0 bridgehead atoms. The van der Waals surface area contributed by atoms with Gasteiger partial charge in [0.05, 0.1) is 25.0 Å². The van der Waals surface area contributed by atoms with Gasteiger partial charge in [0.1, 0.15) is 0 Å². The topological polar surface area (TPSA) is 56.1 Å². The molecule has 1 rings (SSSR count). The number of alkyl halides is 3. The fourth-order valence-corrected chi connectivity index (χ4v) is 0.937. The molecular formula is C8H10F3N3O2. The van der Waals surface area contributed by atoms with Gasteiger partial charge in [-0.2, -0.15) is 18.3 Å². The average Bonchev–Trinajstić information content (AvgIpc) is 2.61. The van der Waals surface area contributed by atoms with Crippen molar-refractivity contribution in [3.63, 3.8) is 0 Å². The second-order valence-corrected chi connectivity index (χ2v) is 2.94. The lowest BCUT2D eigenvalue weighted by Gasteiger charge is -2.04. The summed E-state index contributed by atoms with van der Waals surface area (Å²) in [7, 11) is 1.50. The molecule has 0 fully saturated rings. The van der Waals surface area contributed by atoms with Gasteiger partial charge < -0.3 is 10.1 Å². The molecule has 1 amide bonds. The number of carbonyl (C=O) groups excluding carboxylic acids is 1. The van der Waals surface area contributed by atoms with Crippen LogP contribution in [0.15, 0.2) is 12.4 Å². The van der Waals surface area contributed by atoms with Crippen molar-refractivity contribution in [3.8, 4) is 0 Å². The van der Waals surface area contributed by atoms with Crippen molar-refractivity contribution in [1.82, 2.24) is 9.78 Å². The maximum Gasteiger partial charge on any atom is 0.471 e. The SMILES string of the molecule is COCCn1cc(NC(=O)C(F)(F)F)cn1. The first-order valence-electron chi connectivity index (χ1n) is 4.33. The van der Waals surface area contributed by atoms with Crippen LogP contribution in [-0.4, -0.2) is 35.6 Å². The smallest absolute Gasteiger partial charge is 0.383 e. The van der Waals surface area contributed by atoms with Crippen molar-refractivity contribution in [3.05, 3.63) is 12.4 Å². The van der Waals surface area contributed by atoms with E-state index in [4.69, 9.17) is 4.74 Å². The molecular weight excluding hydrogens is 227 g/mol. The van der Waals surface area contributed by atoms with Gasteiger partial charge in [-0.3, -0.25) is 9.48 Å². The summed E-state index contributed by atoms with van der Waals surface area (Å²) >= 11 is 0. The van der Waals surface area contributed by atoms with Crippen molar-refractivity contribution in [2.45, 2.75) is 12.7 Å². The number of hydrogen-bond acceptors (Lipinski definition) is 3. The number of aromatic nitrogens is 2. The molecule has 0 aromatic carbocycles. The van der Waals surface area contributed by atoms with Crippen LogP contribution in [0, 0.1) is 0 Å². The van der Waals surface area contributed by atoms with E-state index in [0.717, 1.165) is 6.20 Å². The molecule has 1 N–H and O–H groups in total. The molecule has 1 aromatic heterocycles. The van der Waals surface area contributed by atoms with Crippen molar-refractivity contribution in [1.29, 1.82) is 0 Å². The minimum absolute atomic E-state index is 0.00146. The van der Waals surface area contributed by atoms with Gasteiger partial charge in [0, 0.05) is 13.3 Å². The molecule has 0 aliphatic heterocycles. The lowest BCUT2D eigenvalue weighted by atomic mass is 10.5. The quantitative estimate of drug-likeness (QED) is 0.850. The summed E-state index contributed by atoms with van der Waals surface area (Å²) in [6.45, 7) is 0.784. The summed E-state index contributed by atoms with van der Waals surface area (Å²) in [4.78, 5) is 10.6. The monoisotopic (exact) mass is 237 g/mol. The Kier molecular flexibility index (Phi) is 3.88. The zero-order valence-electron chi connectivity index (χ0n) is 8.41. The molecule has 0 aliphatic carbocycles. The molecule has 1 heterocycles. The summed E-state index contributed by atoms with van der Waals surface area (Å²) in [6, 6.07) is 0. The van der Waals surface area contributed by atoms with Crippen LogP contribution in [0.4, 0.5) is 18.9 Å². The summed E-state index contributed by atoms with van der Waals surface area (Å²) < 4.78 is 41.8. The summed E-state index contributed by atoms with van der Waals surface area (Å²) in [5.41, 5.74) is -0.00146. The van der Waals surface area contributed by atoms with Crippen LogP contribution in [0.2, 0.25) is 0 Å². The Balaban J connectivity index is 2.55. The molecule has 16 heavy (non-hydrogen) atoms. The number of anilines is 1. The highest BCUT2D eigenvalue weighted by Gasteiger charge is 2.38. The summed E-state index contributed by atoms with van der Waals surface area (Å²) in [5, 5.41) is 5.43. The molecule has 0 saturated carbocycles. The fourth-order valence-electron chi connectivity index (χ4n) is 0.937. The number of hydrogen-bond donors (Lipinski definition) is 1. The highest BCUT2D eigenvalue weighted by atomic mass is 19.4. The maximum absolute atomic E-state index is 11.9. The van der Waals surface area contributed by atoms with Crippen molar-refractivity contribution < 1.29 is 22.7 Å². The maximum atomic E-state index is 11.9. The minimum atomic E-state index is -4.89. The van der Waals surface area contributed by atoms with Crippen LogP contribution in [0.1, 0.15) is 0 Å².